The van der Waals surface area contributed by atoms with Crippen molar-refractivity contribution >= 4 is 29.0 Å². The lowest BCUT2D eigenvalue weighted by atomic mass is 9.82. The molecule has 3 aliphatic heterocycles. The van der Waals surface area contributed by atoms with Gasteiger partial charge in [0.1, 0.15) is 11.7 Å². The van der Waals surface area contributed by atoms with Crippen LogP contribution in [0.2, 0.25) is 0 Å². The van der Waals surface area contributed by atoms with Gasteiger partial charge >= 0.3 is 0 Å². The molecule has 0 atom stereocenters. The molecule has 2 saturated heterocycles. The highest BCUT2D eigenvalue weighted by atomic mass is 19.1. The first kappa shape index (κ1) is 24.1. The van der Waals surface area contributed by atoms with E-state index in [2.05, 4.69) is 33.1 Å². The Bertz CT molecular complexity index is 1260. The topological polar surface area (TPSA) is 81.2 Å². The predicted octanol–water partition coefficient (Wildman–Crippen LogP) is 4.51. The van der Waals surface area contributed by atoms with E-state index < -0.39 is 5.66 Å². The number of amidine groups is 1. The highest BCUT2D eigenvalue weighted by molar-refractivity contribution is 6.05. The number of hydrogen-bond acceptors (Lipinski definition) is 7. The lowest BCUT2D eigenvalue weighted by Crippen LogP contribution is -2.56. The maximum Gasteiger partial charge on any atom is 0.157 e. The van der Waals surface area contributed by atoms with Gasteiger partial charge < -0.3 is 20.8 Å². The Morgan fingerprint density at radius 1 is 1.14 bits per heavy atom. The average molecular weight is 503 g/mol. The van der Waals surface area contributed by atoms with Crippen LogP contribution in [-0.4, -0.2) is 55.2 Å². The van der Waals surface area contributed by atoms with Crippen molar-refractivity contribution in [1.29, 1.82) is 5.41 Å². The zero-order valence-corrected chi connectivity index (χ0v) is 21.5. The Balaban J connectivity index is 1.37. The second-order valence-electron chi connectivity index (χ2n) is 10.5. The van der Waals surface area contributed by atoms with Gasteiger partial charge in [-0.15, -0.1) is 0 Å². The summed E-state index contributed by atoms with van der Waals surface area (Å²) in [6, 6.07) is 11.2. The van der Waals surface area contributed by atoms with E-state index in [1.54, 1.807) is 0 Å². The van der Waals surface area contributed by atoms with Crippen molar-refractivity contribution < 1.29 is 9.13 Å². The molecule has 3 heterocycles. The van der Waals surface area contributed by atoms with Crippen molar-refractivity contribution in [2.75, 3.05) is 42.9 Å². The second kappa shape index (κ2) is 9.58. The highest BCUT2D eigenvalue weighted by Gasteiger charge is 2.49. The number of nitrogens with one attached hydrogen (secondary N) is 1. The molecule has 2 fully saturated rings. The fourth-order valence-electron chi connectivity index (χ4n) is 6.22. The van der Waals surface area contributed by atoms with E-state index >= 15 is 0 Å². The Labute approximate surface area is 217 Å². The third kappa shape index (κ3) is 4.22. The van der Waals surface area contributed by atoms with Crippen molar-refractivity contribution in [2.45, 2.75) is 51.1 Å². The van der Waals surface area contributed by atoms with E-state index in [0.717, 1.165) is 62.3 Å². The number of hydrazine groups is 1. The normalized spacial score (nSPS) is 20.9. The lowest BCUT2D eigenvalue weighted by molar-refractivity contribution is 0.0460. The molecule has 6 rings (SSSR count). The van der Waals surface area contributed by atoms with Gasteiger partial charge in [-0.1, -0.05) is 6.07 Å². The quantitative estimate of drug-likeness (QED) is 0.449. The second-order valence-corrected chi connectivity index (χ2v) is 10.5. The highest BCUT2D eigenvalue weighted by Crippen LogP contribution is 2.44. The van der Waals surface area contributed by atoms with E-state index in [-0.39, 0.29) is 5.82 Å². The maximum absolute atomic E-state index is 13.8. The van der Waals surface area contributed by atoms with Crippen LogP contribution in [0.25, 0.3) is 6.08 Å². The largest absolute Gasteiger partial charge is 0.381 e. The van der Waals surface area contributed by atoms with Gasteiger partial charge in [0, 0.05) is 30.8 Å². The first-order chi connectivity index (χ1) is 18.0. The van der Waals surface area contributed by atoms with Crippen molar-refractivity contribution in [1.82, 2.24) is 5.01 Å². The van der Waals surface area contributed by atoms with Gasteiger partial charge in [-0.3, -0.25) is 10.0 Å². The van der Waals surface area contributed by atoms with E-state index in [1.165, 1.54) is 34.4 Å². The van der Waals surface area contributed by atoms with Crippen LogP contribution in [0.3, 0.4) is 0 Å². The van der Waals surface area contributed by atoms with E-state index in [0.29, 0.717) is 32.1 Å². The number of ether oxygens (including phenoxy) is 1. The van der Waals surface area contributed by atoms with Crippen molar-refractivity contribution in [3.8, 4) is 0 Å². The third-order valence-electron chi connectivity index (χ3n) is 8.05. The van der Waals surface area contributed by atoms with Crippen LogP contribution >= 0.6 is 0 Å². The molecule has 0 unspecified atom stereocenters. The van der Waals surface area contributed by atoms with Crippen molar-refractivity contribution in [2.24, 2.45) is 10.7 Å². The number of halogens is 1. The number of rotatable bonds is 6. The van der Waals surface area contributed by atoms with Gasteiger partial charge in [-0.2, -0.15) is 0 Å². The Kier molecular flexibility index (Phi) is 6.24. The molecular formula is C29H35FN6O. The van der Waals surface area contributed by atoms with Gasteiger partial charge in [0.05, 0.1) is 32.1 Å². The van der Waals surface area contributed by atoms with Gasteiger partial charge in [0.2, 0.25) is 0 Å². The summed E-state index contributed by atoms with van der Waals surface area (Å²) in [5.74, 6) is 0.812. The molecule has 4 aliphatic rings. The molecule has 0 radical (unpaired) electrons. The molecule has 2 aromatic rings. The standard InChI is InChI=1S/C29H35FN6O/c1-20(32)18-34(19-31)27-11-4-21(25-9-10-26(25)27)17-22-3-2-14-35-28(22)33-29(12-15-37-16-13-29)36(35)24-7-5-23(30)6-8-24/h4-8,11,17,32H,2-3,9-10,12-16,18-19,31H2,1H3. The minimum absolute atomic E-state index is 0.227. The van der Waals surface area contributed by atoms with Crippen molar-refractivity contribution in [3.05, 3.63) is 64.5 Å². The van der Waals surface area contributed by atoms with Crippen LogP contribution in [0.1, 0.15) is 49.3 Å². The first-order valence-corrected chi connectivity index (χ1v) is 13.3. The molecule has 2 aromatic carbocycles. The van der Waals surface area contributed by atoms with E-state index in [4.69, 9.17) is 20.9 Å². The summed E-state index contributed by atoms with van der Waals surface area (Å²) in [7, 11) is 0. The maximum atomic E-state index is 13.8. The number of benzene rings is 2. The monoisotopic (exact) mass is 502 g/mol. The Hall–Kier alpha value is -3.23. The summed E-state index contributed by atoms with van der Waals surface area (Å²) in [5.41, 5.74) is 13.6. The van der Waals surface area contributed by atoms with Gasteiger partial charge in [0.15, 0.2) is 5.66 Å². The number of nitrogens with zero attached hydrogens (tertiary/aromatic N) is 4. The molecular weight excluding hydrogens is 467 g/mol. The molecule has 194 valence electrons. The third-order valence-corrected chi connectivity index (χ3v) is 8.05. The average Bonchev–Trinajstić information content (AvgIpc) is 3.18. The fraction of sp³-hybridized carbons (Fsp3) is 0.448. The van der Waals surface area contributed by atoms with Crippen LogP contribution in [0.4, 0.5) is 15.8 Å². The van der Waals surface area contributed by atoms with Crippen LogP contribution in [0.15, 0.2) is 47.0 Å². The summed E-state index contributed by atoms with van der Waals surface area (Å²) in [5, 5.41) is 12.5. The lowest BCUT2D eigenvalue weighted by Gasteiger charge is -2.45. The molecule has 0 amide bonds. The van der Waals surface area contributed by atoms with Gasteiger partial charge in [0.25, 0.3) is 0 Å². The number of nitrogens with two attached hydrogens (primary N) is 1. The summed E-state index contributed by atoms with van der Waals surface area (Å²) in [6.07, 6.45) is 8.08. The Morgan fingerprint density at radius 3 is 2.57 bits per heavy atom. The minimum atomic E-state index is -0.393. The smallest absolute Gasteiger partial charge is 0.157 e. The summed E-state index contributed by atoms with van der Waals surface area (Å²) in [6.45, 7) is 5.01. The molecule has 7 nitrogen and oxygen atoms in total. The fourth-order valence-corrected chi connectivity index (χ4v) is 6.22. The van der Waals surface area contributed by atoms with Crippen LogP contribution < -0.4 is 15.6 Å². The summed E-state index contributed by atoms with van der Waals surface area (Å²) in [4.78, 5) is 7.49. The van der Waals surface area contributed by atoms with Crippen LogP contribution in [0.5, 0.6) is 0 Å². The molecule has 37 heavy (non-hydrogen) atoms. The molecule has 0 saturated carbocycles. The van der Waals surface area contributed by atoms with Crippen LogP contribution in [-0.2, 0) is 17.6 Å². The zero-order chi connectivity index (χ0) is 25.6. The first-order valence-electron chi connectivity index (χ1n) is 13.3. The number of aliphatic imine (C=N–C) groups is 1. The number of anilines is 2. The number of hydrogen-bond donors (Lipinski definition) is 2. The van der Waals surface area contributed by atoms with E-state index in [9.17, 15) is 4.39 Å². The predicted molar refractivity (Wildman–Crippen MR) is 147 cm³/mol. The van der Waals surface area contributed by atoms with E-state index in [1.807, 2.05) is 19.1 Å². The summed E-state index contributed by atoms with van der Waals surface area (Å²) < 4.78 is 19.5. The SMILES string of the molecule is CC(=N)CN(CN)c1ccc(C=C2CCCN3C2=NC2(CCOCC2)N3c2ccc(F)cc2)c2c1CC2. The minimum Gasteiger partial charge on any atom is -0.381 e. The molecule has 3 N–H and O–H groups in total. The summed E-state index contributed by atoms with van der Waals surface area (Å²) >= 11 is 0. The molecule has 1 aliphatic carbocycles. The zero-order valence-electron chi connectivity index (χ0n) is 21.5. The number of fused-ring (bicyclic) bond motifs is 2. The molecule has 8 heteroatoms. The van der Waals surface area contributed by atoms with Gasteiger partial charge in [-0.25, -0.2) is 9.38 Å². The molecule has 0 bridgehead atoms. The van der Waals surface area contributed by atoms with Gasteiger partial charge in [-0.05, 0) is 91.3 Å². The van der Waals surface area contributed by atoms with Crippen molar-refractivity contribution in [3.63, 3.8) is 0 Å². The Morgan fingerprint density at radius 2 is 1.89 bits per heavy atom. The van der Waals surface area contributed by atoms with Crippen LogP contribution in [0, 0.1) is 11.2 Å². The molecule has 1 spiro atoms. The molecule has 0 aromatic heterocycles. The number of piperidine rings is 1.